The van der Waals surface area contributed by atoms with Gasteiger partial charge >= 0.3 is 0 Å². The van der Waals surface area contributed by atoms with Gasteiger partial charge in [-0.1, -0.05) is 18.2 Å². The second kappa shape index (κ2) is 8.96. The van der Waals surface area contributed by atoms with Gasteiger partial charge in [0.25, 0.3) is 0 Å². The molecule has 0 saturated heterocycles. The minimum absolute atomic E-state index is 0.128. The summed E-state index contributed by atoms with van der Waals surface area (Å²) < 4.78 is 10.5. The standard InChI is InChI=1S/C24H21N3O3/c1-29-21-8-3-7-20(15-21)26-23-14-18(10-11-25-23)17-5-2-6-19(13-17)27-24(28)16-22-9-4-12-30-22/h2-15H,16H2,1H3,(H,25,26)(H,27,28). The van der Waals surface area contributed by atoms with E-state index in [9.17, 15) is 4.79 Å². The van der Waals surface area contributed by atoms with Crippen LogP contribution in [0.5, 0.6) is 5.75 Å². The summed E-state index contributed by atoms with van der Waals surface area (Å²) in [5, 5.41) is 6.20. The molecule has 0 unspecified atom stereocenters. The molecule has 6 heteroatoms. The van der Waals surface area contributed by atoms with E-state index in [1.807, 2.05) is 60.7 Å². The number of benzene rings is 2. The maximum atomic E-state index is 12.2. The minimum atomic E-state index is -0.128. The number of methoxy groups -OCH3 is 1. The number of ether oxygens (including phenoxy) is 1. The number of anilines is 3. The average molecular weight is 399 g/mol. The van der Waals surface area contributed by atoms with Crippen LogP contribution in [0.4, 0.5) is 17.2 Å². The zero-order valence-corrected chi connectivity index (χ0v) is 16.5. The molecule has 0 saturated carbocycles. The van der Waals surface area contributed by atoms with Crippen molar-refractivity contribution in [2.24, 2.45) is 0 Å². The number of pyridine rings is 1. The number of carbonyl (C=O) groups is 1. The number of nitrogens with zero attached hydrogens (tertiary/aromatic N) is 1. The van der Waals surface area contributed by atoms with Crippen LogP contribution in [0.15, 0.2) is 89.7 Å². The molecule has 0 aliphatic carbocycles. The highest BCUT2D eigenvalue weighted by molar-refractivity contribution is 5.92. The van der Waals surface area contributed by atoms with Gasteiger partial charge in [-0.25, -0.2) is 4.98 Å². The lowest BCUT2D eigenvalue weighted by Crippen LogP contribution is -2.13. The zero-order chi connectivity index (χ0) is 20.8. The third kappa shape index (κ3) is 4.86. The van der Waals surface area contributed by atoms with Gasteiger partial charge in [0.05, 0.1) is 19.8 Å². The first-order chi connectivity index (χ1) is 14.7. The van der Waals surface area contributed by atoms with Crippen LogP contribution >= 0.6 is 0 Å². The van der Waals surface area contributed by atoms with Crippen LogP contribution in [0, 0.1) is 0 Å². The first kappa shape index (κ1) is 19.3. The Hall–Kier alpha value is -4.06. The monoisotopic (exact) mass is 399 g/mol. The van der Waals surface area contributed by atoms with Gasteiger partial charge in [-0.05, 0) is 59.7 Å². The highest BCUT2D eigenvalue weighted by Gasteiger charge is 2.08. The van der Waals surface area contributed by atoms with Crippen LogP contribution in [0.2, 0.25) is 0 Å². The van der Waals surface area contributed by atoms with Crippen molar-refractivity contribution in [3.05, 3.63) is 91.0 Å². The molecule has 4 aromatic rings. The Morgan fingerprint density at radius 1 is 0.967 bits per heavy atom. The highest BCUT2D eigenvalue weighted by atomic mass is 16.5. The van der Waals surface area contributed by atoms with E-state index in [0.29, 0.717) is 11.6 Å². The largest absolute Gasteiger partial charge is 0.497 e. The molecule has 0 aliphatic heterocycles. The van der Waals surface area contributed by atoms with Crippen molar-refractivity contribution in [1.82, 2.24) is 4.98 Å². The van der Waals surface area contributed by atoms with Crippen LogP contribution in [0.1, 0.15) is 5.76 Å². The van der Waals surface area contributed by atoms with Crippen molar-refractivity contribution in [2.75, 3.05) is 17.7 Å². The molecule has 2 aromatic carbocycles. The SMILES string of the molecule is COc1cccc(Nc2cc(-c3cccc(NC(=O)Cc4ccco4)c3)ccn2)c1. The Morgan fingerprint density at radius 2 is 1.80 bits per heavy atom. The molecule has 0 aliphatic rings. The normalized spacial score (nSPS) is 10.4. The van der Waals surface area contributed by atoms with Gasteiger partial charge < -0.3 is 19.8 Å². The number of aromatic nitrogens is 1. The van der Waals surface area contributed by atoms with Crippen LogP contribution in [-0.4, -0.2) is 18.0 Å². The smallest absolute Gasteiger partial charge is 0.231 e. The highest BCUT2D eigenvalue weighted by Crippen LogP contribution is 2.26. The van der Waals surface area contributed by atoms with Crippen molar-refractivity contribution in [3.8, 4) is 16.9 Å². The van der Waals surface area contributed by atoms with Gasteiger partial charge in [0.1, 0.15) is 17.3 Å². The predicted octanol–water partition coefficient (Wildman–Crippen LogP) is 5.28. The Labute approximate surface area is 174 Å². The molecular weight excluding hydrogens is 378 g/mol. The number of nitrogens with one attached hydrogen (secondary N) is 2. The molecule has 0 atom stereocenters. The number of carbonyl (C=O) groups excluding carboxylic acids is 1. The third-order valence-corrected chi connectivity index (χ3v) is 4.50. The van der Waals surface area contributed by atoms with E-state index in [0.717, 1.165) is 28.3 Å². The molecule has 0 radical (unpaired) electrons. The van der Waals surface area contributed by atoms with Crippen molar-refractivity contribution >= 4 is 23.1 Å². The Bertz CT molecular complexity index is 1140. The molecule has 4 rings (SSSR count). The van der Waals surface area contributed by atoms with Crippen molar-refractivity contribution in [3.63, 3.8) is 0 Å². The van der Waals surface area contributed by atoms with Gasteiger partial charge in [-0.3, -0.25) is 4.79 Å². The lowest BCUT2D eigenvalue weighted by molar-refractivity contribution is -0.115. The molecule has 2 heterocycles. The minimum Gasteiger partial charge on any atom is -0.497 e. The van der Waals surface area contributed by atoms with E-state index < -0.39 is 0 Å². The fourth-order valence-corrected chi connectivity index (χ4v) is 3.08. The molecule has 2 N–H and O–H groups in total. The first-order valence-corrected chi connectivity index (χ1v) is 9.49. The van der Waals surface area contributed by atoms with Gasteiger partial charge in [0.15, 0.2) is 0 Å². The zero-order valence-electron chi connectivity index (χ0n) is 16.5. The summed E-state index contributed by atoms with van der Waals surface area (Å²) in [7, 11) is 1.64. The number of rotatable bonds is 7. The van der Waals surface area contributed by atoms with Gasteiger partial charge in [0.2, 0.25) is 5.91 Å². The van der Waals surface area contributed by atoms with Crippen molar-refractivity contribution in [2.45, 2.75) is 6.42 Å². The van der Waals surface area contributed by atoms with Crippen LogP contribution < -0.4 is 15.4 Å². The molecule has 0 fully saturated rings. The Balaban J connectivity index is 1.49. The summed E-state index contributed by atoms with van der Waals surface area (Å²) in [5.41, 5.74) is 3.57. The molecule has 30 heavy (non-hydrogen) atoms. The first-order valence-electron chi connectivity index (χ1n) is 9.49. The van der Waals surface area contributed by atoms with E-state index in [-0.39, 0.29) is 12.3 Å². The van der Waals surface area contributed by atoms with Crippen LogP contribution in [-0.2, 0) is 11.2 Å². The number of amides is 1. The van der Waals surface area contributed by atoms with E-state index in [1.54, 1.807) is 31.7 Å². The summed E-state index contributed by atoms with van der Waals surface area (Å²) in [6.45, 7) is 0. The van der Waals surface area contributed by atoms with Gasteiger partial charge in [0, 0.05) is 23.6 Å². The lowest BCUT2D eigenvalue weighted by atomic mass is 10.1. The predicted molar refractivity (Wildman–Crippen MR) is 117 cm³/mol. The summed E-state index contributed by atoms with van der Waals surface area (Å²) in [4.78, 5) is 16.6. The van der Waals surface area contributed by atoms with Crippen molar-refractivity contribution in [1.29, 1.82) is 0 Å². The molecule has 0 bridgehead atoms. The van der Waals surface area contributed by atoms with E-state index in [2.05, 4.69) is 15.6 Å². The quantitative estimate of drug-likeness (QED) is 0.442. The summed E-state index contributed by atoms with van der Waals surface area (Å²) >= 11 is 0. The van der Waals surface area contributed by atoms with Crippen LogP contribution in [0.3, 0.4) is 0 Å². The fourth-order valence-electron chi connectivity index (χ4n) is 3.08. The molecule has 0 spiro atoms. The summed E-state index contributed by atoms with van der Waals surface area (Å²) in [6.07, 6.45) is 3.50. The van der Waals surface area contributed by atoms with Crippen molar-refractivity contribution < 1.29 is 13.9 Å². The van der Waals surface area contributed by atoms with E-state index >= 15 is 0 Å². The molecule has 6 nitrogen and oxygen atoms in total. The Morgan fingerprint density at radius 3 is 2.63 bits per heavy atom. The van der Waals surface area contributed by atoms with Gasteiger partial charge in [-0.15, -0.1) is 0 Å². The number of hydrogen-bond acceptors (Lipinski definition) is 5. The van der Waals surface area contributed by atoms with E-state index in [1.165, 1.54) is 0 Å². The molecular formula is C24H21N3O3. The maximum Gasteiger partial charge on any atom is 0.231 e. The fraction of sp³-hybridized carbons (Fsp3) is 0.0833. The molecule has 1 amide bonds. The third-order valence-electron chi connectivity index (χ3n) is 4.50. The average Bonchev–Trinajstić information content (AvgIpc) is 3.27. The summed E-state index contributed by atoms with van der Waals surface area (Å²) in [6, 6.07) is 22.8. The van der Waals surface area contributed by atoms with E-state index in [4.69, 9.17) is 9.15 Å². The number of hydrogen-bond donors (Lipinski definition) is 2. The second-order valence-electron chi connectivity index (χ2n) is 6.67. The second-order valence-corrected chi connectivity index (χ2v) is 6.67. The Kier molecular flexibility index (Phi) is 5.75. The van der Waals surface area contributed by atoms with Gasteiger partial charge in [-0.2, -0.15) is 0 Å². The number of furan rings is 1. The lowest BCUT2D eigenvalue weighted by Gasteiger charge is -2.10. The molecule has 2 aromatic heterocycles. The summed E-state index contributed by atoms with van der Waals surface area (Å²) in [5.74, 6) is 1.99. The molecule has 150 valence electrons. The van der Waals surface area contributed by atoms with Crippen LogP contribution in [0.25, 0.3) is 11.1 Å². The maximum absolute atomic E-state index is 12.2. The topological polar surface area (TPSA) is 76.4 Å².